The normalized spacial score (nSPS) is 18.4. The molecule has 1 aliphatic heterocycles. The fourth-order valence-electron chi connectivity index (χ4n) is 3.25. The minimum absolute atomic E-state index is 0.0171. The van der Waals surface area contributed by atoms with Crippen molar-refractivity contribution in [2.24, 2.45) is 0 Å². The molecule has 2 aromatic carbocycles. The van der Waals surface area contributed by atoms with Crippen LogP contribution in [0, 0.1) is 0 Å². The second-order valence-electron chi connectivity index (χ2n) is 5.70. The van der Waals surface area contributed by atoms with Gasteiger partial charge in [-0.3, -0.25) is 4.79 Å². The summed E-state index contributed by atoms with van der Waals surface area (Å²) < 4.78 is 11.2. The molecule has 4 rings (SSSR count). The van der Waals surface area contributed by atoms with E-state index in [0.29, 0.717) is 30.3 Å². The minimum atomic E-state index is -0.148. The highest BCUT2D eigenvalue weighted by atomic mass is 35.5. The molecule has 2 aliphatic rings. The maximum Gasteiger partial charge on any atom is 0.255 e. The van der Waals surface area contributed by atoms with E-state index in [0.717, 1.165) is 29.0 Å². The van der Waals surface area contributed by atoms with Crippen molar-refractivity contribution in [3.63, 3.8) is 0 Å². The Bertz CT molecular complexity index is 775. The summed E-state index contributed by atoms with van der Waals surface area (Å²) in [6, 6.07) is 11.2. The Morgan fingerprint density at radius 1 is 1.13 bits per heavy atom. The molecule has 0 unspecified atom stereocenters. The van der Waals surface area contributed by atoms with Crippen molar-refractivity contribution >= 4 is 17.5 Å². The maximum atomic E-state index is 12.7. The number of halogens is 1. The van der Waals surface area contributed by atoms with E-state index in [4.69, 9.17) is 21.1 Å². The number of rotatable bonds is 2. The SMILES string of the molecule is O=C(N[C@H]1CCc2c(Cl)cccc21)c1cccc2c1OCCO2. The zero-order chi connectivity index (χ0) is 15.8. The number of amides is 1. The van der Waals surface area contributed by atoms with Crippen molar-refractivity contribution in [1.29, 1.82) is 0 Å². The zero-order valence-corrected chi connectivity index (χ0v) is 13.2. The van der Waals surface area contributed by atoms with Gasteiger partial charge in [-0.2, -0.15) is 0 Å². The first-order valence-electron chi connectivity index (χ1n) is 7.71. The van der Waals surface area contributed by atoms with Crippen LogP contribution in [0.25, 0.3) is 0 Å². The summed E-state index contributed by atoms with van der Waals surface area (Å²) in [5.41, 5.74) is 2.75. The second kappa shape index (κ2) is 5.78. The number of fused-ring (bicyclic) bond motifs is 2. The van der Waals surface area contributed by atoms with Crippen molar-refractivity contribution in [3.8, 4) is 11.5 Å². The molecule has 1 N–H and O–H groups in total. The number of carbonyl (C=O) groups excluding carboxylic acids is 1. The molecule has 1 atom stereocenters. The van der Waals surface area contributed by atoms with E-state index in [1.54, 1.807) is 6.07 Å². The Morgan fingerprint density at radius 2 is 1.96 bits per heavy atom. The van der Waals surface area contributed by atoms with E-state index in [1.807, 2.05) is 30.3 Å². The fraction of sp³-hybridized carbons (Fsp3) is 0.278. The molecule has 0 radical (unpaired) electrons. The topological polar surface area (TPSA) is 47.6 Å². The standard InChI is InChI=1S/C18H16ClNO3/c19-14-5-1-3-12-11(14)7-8-15(12)20-18(21)13-4-2-6-16-17(13)23-10-9-22-16/h1-6,15H,7-10H2,(H,20,21)/t15-/m0/s1. The van der Waals surface area contributed by atoms with Gasteiger partial charge in [0, 0.05) is 5.02 Å². The molecule has 5 heteroatoms. The Hall–Kier alpha value is -2.20. The summed E-state index contributed by atoms with van der Waals surface area (Å²) in [6.07, 6.45) is 1.74. The third-order valence-corrected chi connectivity index (χ3v) is 4.68. The van der Waals surface area contributed by atoms with E-state index in [1.165, 1.54) is 0 Å². The van der Waals surface area contributed by atoms with Crippen LogP contribution in [0.5, 0.6) is 11.5 Å². The predicted molar refractivity (Wildman–Crippen MR) is 87.4 cm³/mol. The van der Waals surface area contributed by atoms with Crippen molar-refractivity contribution < 1.29 is 14.3 Å². The Kier molecular flexibility index (Phi) is 3.62. The first-order valence-corrected chi connectivity index (χ1v) is 8.08. The molecule has 0 aromatic heterocycles. The summed E-state index contributed by atoms with van der Waals surface area (Å²) >= 11 is 6.23. The summed E-state index contributed by atoms with van der Waals surface area (Å²) in [5.74, 6) is 1.00. The molecule has 1 amide bonds. The molecular weight excluding hydrogens is 314 g/mol. The second-order valence-corrected chi connectivity index (χ2v) is 6.11. The third kappa shape index (κ3) is 2.53. The molecule has 1 heterocycles. The van der Waals surface area contributed by atoms with E-state index in [9.17, 15) is 4.79 Å². The van der Waals surface area contributed by atoms with Gasteiger partial charge in [0.2, 0.25) is 0 Å². The number of hydrogen-bond acceptors (Lipinski definition) is 3. The molecule has 0 fully saturated rings. The van der Waals surface area contributed by atoms with Crippen LogP contribution >= 0.6 is 11.6 Å². The monoisotopic (exact) mass is 329 g/mol. The number of hydrogen-bond donors (Lipinski definition) is 1. The molecule has 0 saturated heterocycles. The van der Waals surface area contributed by atoms with Gasteiger partial charge in [-0.1, -0.05) is 29.8 Å². The average molecular weight is 330 g/mol. The lowest BCUT2D eigenvalue weighted by Gasteiger charge is -2.21. The van der Waals surface area contributed by atoms with Crippen LogP contribution in [0.3, 0.4) is 0 Å². The Morgan fingerprint density at radius 3 is 2.87 bits per heavy atom. The lowest BCUT2D eigenvalue weighted by molar-refractivity contribution is 0.0925. The van der Waals surface area contributed by atoms with Crippen molar-refractivity contribution in [2.75, 3.05) is 13.2 Å². The molecule has 1 aliphatic carbocycles. The van der Waals surface area contributed by atoms with Gasteiger partial charge < -0.3 is 14.8 Å². The molecule has 2 aromatic rings. The fourth-order valence-corrected chi connectivity index (χ4v) is 3.52. The molecule has 0 bridgehead atoms. The highest BCUT2D eigenvalue weighted by Gasteiger charge is 2.27. The lowest BCUT2D eigenvalue weighted by Crippen LogP contribution is -2.28. The third-order valence-electron chi connectivity index (χ3n) is 4.33. The molecule has 0 spiro atoms. The van der Waals surface area contributed by atoms with Gasteiger partial charge in [-0.15, -0.1) is 0 Å². The quantitative estimate of drug-likeness (QED) is 0.917. The highest BCUT2D eigenvalue weighted by Crippen LogP contribution is 2.37. The van der Waals surface area contributed by atoms with Gasteiger partial charge in [0.1, 0.15) is 13.2 Å². The van der Waals surface area contributed by atoms with Gasteiger partial charge >= 0.3 is 0 Å². The number of ether oxygens (including phenoxy) is 2. The number of nitrogens with one attached hydrogen (secondary N) is 1. The van der Waals surface area contributed by atoms with Crippen LogP contribution in [0.2, 0.25) is 5.02 Å². The smallest absolute Gasteiger partial charge is 0.255 e. The van der Waals surface area contributed by atoms with Crippen LogP contribution in [0.1, 0.15) is 33.9 Å². The summed E-state index contributed by atoms with van der Waals surface area (Å²) in [6.45, 7) is 0.964. The molecule has 0 saturated carbocycles. The lowest BCUT2D eigenvalue weighted by atomic mass is 10.1. The summed E-state index contributed by atoms with van der Waals surface area (Å²) in [7, 11) is 0. The van der Waals surface area contributed by atoms with E-state index >= 15 is 0 Å². The van der Waals surface area contributed by atoms with Crippen molar-refractivity contribution in [2.45, 2.75) is 18.9 Å². The Labute approximate surface area is 139 Å². The Balaban J connectivity index is 1.60. The molecular formula is C18H16ClNO3. The van der Waals surface area contributed by atoms with E-state index < -0.39 is 0 Å². The predicted octanol–water partition coefficient (Wildman–Crippen LogP) is 3.53. The van der Waals surface area contributed by atoms with E-state index in [2.05, 4.69) is 5.32 Å². The highest BCUT2D eigenvalue weighted by molar-refractivity contribution is 6.31. The van der Waals surface area contributed by atoms with Gasteiger partial charge in [0.15, 0.2) is 11.5 Å². The molecule has 118 valence electrons. The first-order chi connectivity index (χ1) is 11.2. The molecule has 4 nitrogen and oxygen atoms in total. The van der Waals surface area contributed by atoms with Gasteiger partial charge in [0.25, 0.3) is 5.91 Å². The first kappa shape index (κ1) is 14.4. The van der Waals surface area contributed by atoms with Gasteiger partial charge in [-0.25, -0.2) is 0 Å². The van der Waals surface area contributed by atoms with Gasteiger partial charge in [-0.05, 0) is 42.2 Å². The number of benzene rings is 2. The van der Waals surface area contributed by atoms with Crippen LogP contribution in [0.4, 0.5) is 0 Å². The van der Waals surface area contributed by atoms with Crippen molar-refractivity contribution in [3.05, 3.63) is 58.1 Å². The molecule has 23 heavy (non-hydrogen) atoms. The van der Waals surface area contributed by atoms with Crippen LogP contribution in [0.15, 0.2) is 36.4 Å². The summed E-state index contributed by atoms with van der Waals surface area (Å²) in [5, 5.41) is 3.87. The van der Waals surface area contributed by atoms with Crippen LogP contribution < -0.4 is 14.8 Å². The zero-order valence-electron chi connectivity index (χ0n) is 12.5. The van der Waals surface area contributed by atoms with Crippen molar-refractivity contribution in [1.82, 2.24) is 5.32 Å². The minimum Gasteiger partial charge on any atom is -0.486 e. The number of carbonyl (C=O) groups is 1. The number of para-hydroxylation sites is 1. The largest absolute Gasteiger partial charge is 0.486 e. The van der Waals surface area contributed by atoms with Crippen LogP contribution in [-0.2, 0) is 6.42 Å². The van der Waals surface area contributed by atoms with Gasteiger partial charge in [0.05, 0.1) is 11.6 Å². The average Bonchev–Trinajstić information content (AvgIpc) is 2.99. The summed E-state index contributed by atoms with van der Waals surface area (Å²) in [4.78, 5) is 12.7. The van der Waals surface area contributed by atoms with E-state index in [-0.39, 0.29) is 11.9 Å². The maximum absolute atomic E-state index is 12.7. The van der Waals surface area contributed by atoms with Crippen LogP contribution in [-0.4, -0.2) is 19.1 Å².